The molecule has 0 aliphatic carbocycles. The average Bonchev–Trinajstić information content (AvgIpc) is 4.56. The van der Waals surface area contributed by atoms with Crippen molar-refractivity contribution in [3.05, 3.63) is 194 Å². The van der Waals surface area contributed by atoms with Gasteiger partial charge in [-0.25, -0.2) is 21.2 Å². The summed E-state index contributed by atoms with van der Waals surface area (Å²) >= 11 is 0. The third-order valence-electron chi connectivity index (χ3n) is 13.0. The summed E-state index contributed by atoms with van der Waals surface area (Å²) in [4.78, 5) is 0. The van der Waals surface area contributed by atoms with E-state index in [0.717, 1.165) is 132 Å². The molecule has 14 heteroatoms. The molecule has 0 aromatic heterocycles. The van der Waals surface area contributed by atoms with Gasteiger partial charge in [-0.1, -0.05) is 121 Å². The molecule has 10 aliphatic heterocycles. The first kappa shape index (κ1) is 86.3. The van der Waals surface area contributed by atoms with Crippen LogP contribution in [0.4, 0.5) is 0 Å². The Kier molecular flexibility index (Phi) is 70.1. The van der Waals surface area contributed by atoms with Gasteiger partial charge in [0.2, 0.25) is 0 Å². The summed E-state index contributed by atoms with van der Waals surface area (Å²) in [7, 11) is 2.56. The smallest absolute Gasteiger partial charge is 0.472 e. The fourth-order valence-electron chi connectivity index (χ4n) is 8.10. The predicted molar refractivity (Wildman–Crippen MR) is 381 cm³/mol. The van der Waals surface area contributed by atoms with E-state index in [1.165, 1.54) is 167 Å². The Morgan fingerprint density at radius 1 is 0.178 bits per heavy atom. The van der Waals surface area contributed by atoms with Crippen molar-refractivity contribution in [1.82, 2.24) is 0 Å². The topological polar surface area (TPSA) is 92.3 Å². The van der Waals surface area contributed by atoms with Gasteiger partial charge in [-0.2, -0.15) is 72.8 Å². The molecule has 6 aromatic rings. The minimum Gasteiger partial charge on any atom is -0.472 e. The molecule has 16 rings (SSSR count). The van der Waals surface area contributed by atoms with Gasteiger partial charge in [-0.05, 0) is 128 Å². The minimum atomic E-state index is 0. The van der Waals surface area contributed by atoms with Crippen molar-refractivity contribution in [1.29, 1.82) is 0 Å². The van der Waals surface area contributed by atoms with Gasteiger partial charge in [0, 0.05) is 132 Å². The molecule has 0 spiro atoms. The SMILES string of the molecule is C1CCOC1.C1CCOC1.C1CCOC1.C1CCOC1.C1CCOC1.C1CCOC1.C1CCOC1.C1CCOC1.C1CCOC1.C1CCOC1.[Ca+2].[Ca+2].[c-]1ccccc1.[c-]1ccccc1.c1ccc([P-]c2ccccc2)cc1.c1ccc([P-]c2ccccc2)cc1. The molecule has 0 unspecified atom stereocenters. The third-order valence-corrected chi connectivity index (χ3v) is 15.3. The van der Waals surface area contributed by atoms with E-state index in [0.29, 0.717) is 0 Å². The maximum absolute atomic E-state index is 4.94. The molecule has 10 aliphatic rings. The van der Waals surface area contributed by atoms with Gasteiger partial charge in [0.15, 0.2) is 0 Å². The van der Waals surface area contributed by atoms with E-state index in [9.17, 15) is 0 Å². The molecule has 0 radical (unpaired) electrons. The molecule has 0 amide bonds. The van der Waals surface area contributed by atoms with Crippen molar-refractivity contribution in [2.45, 2.75) is 128 Å². The molecule has 10 heterocycles. The van der Waals surface area contributed by atoms with Crippen molar-refractivity contribution in [3.63, 3.8) is 0 Å². The van der Waals surface area contributed by atoms with Crippen LogP contribution in [0.5, 0.6) is 0 Å². The standard InChI is InChI=1S/2C12H10P.2C6H5.10C4H8O.2Ca/c2*1-3-7-11(8-4-1)13-12-9-5-2-6-10-12;2*1-2-4-6-5-3-1;10*1-2-4-5-3-1;;/h2*1-10H;2*1-5H;10*1-4H2;;/q4*-1;;;;;;;;;;;2*+2. The first-order chi connectivity index (χ1) is 43.9. The van der Waals surface area contributed by atoms with E-state index < -0.39 is 0 Å². The maximum atomic E-state index is 4.94. The summed E-state index contributed by atoms with van der Waals surface area (Å²) in [5.74, 6) is 0. The molecule has 0 saturated carbocycles. The number of rotatable bonds is 4. The first-order valence-electron chi connectivity index (χ1n) is 33.1. The Morgan fingerprint density at radius 2 is 0.300 bits per heavy atom. The van der Waals surface area contributed by atoms with Gasteiger partial charge in [0.05, 0.1) is 0 Å². The van der Waals surface area contributed by atoms with Crippen LogP contribution in [0.1, 0.15) is 128 Å². The quantitative estimate of drug-likeness (QED) is 0.0965. The zero-order valence-corrected chi connectivity index (χ0v) is 61.2. The molecular weight excluding hydrogens is 1210 g/mol. The first-order valence-corrected chi connectivity index (χ1v) is 34.9. The van der Waals surface area contributed by atoms with Crippen LogP contribution in [-0.4, -0.2) is 208 Å². The van der Waals surface area contributed by atoms with Crippen molar-refractivity contribution < 1.29 is 47.4 Å². The van der Waals surface area contributed by atoms with Crippen LogP contribution >= 0.6 is 17.2 Å². The van der Waals surface area contributed by atoms with Crippen molar-refractivity contribution >= 4 is 114 Å². The van der Waals surface area contributed by atoms with E-state index in [1.807, 2.05) is 84.9 Å². The van der Waals surface area contributed by atoms with Gasteiger partial charge in [0.1, 0.15) is 0 Å². The van der Waals surface area contributed by atoms with Gasteiger partial charge in [0.25, 0.3) is 0 Å². The van der Waals surface area contributed by atoms with E-state index in [1.54, 1.807) is 0 Å². The fourth-order valence-corrected chi connectivity index (χ4v) is 9.98. The third kappa shape index (κ3) is 62.4. The van der Waals surface area contributed by atoms with Crippen molar-refractivity contribution in [3.8, 4) is 0 Å². The summed E-state index contributed by atoms with van der Waals surface area (Å²) in [5.41, 5.74) is 0. The normalized spacial score (nSPS) is 17.2. The molecule has 488 valence electrons. The van der Waals surface area contributed by atoms with Crippen molar-refractivity contribution in [2.24, 2.45) is 0 Å². The van der Waals surface area contributed by atoms with Gasteiger partial charge in [-0.3, -0.25) is 0 Å². The fraction of sp³-hybridized carbons (Fsp3) is 0.526. The Bertz CT molecular complexity index is 1700. The van der Waals surface area contributed by atoms with Crippen LogP contribution in [0, 0.1) is 12.1 Å². The average molecular weight is 1330 g/mol. The zero-order chi connectivity index (χ0) is 61.7. The van der Waals surface area contributed by atoms with Crippen LogP contribution in [0.3, 0.4) is 0 Å². The molecule has 10 nitrogen and oxygen atoms in total. The second-order valence-corrected chi connectivity index (χ2v) is 23.4. The molecule has 0 atom stereocenters. The molecule has 10 saturated heterocycles. The summed E-state index contributed by atoms with van der Waals surface area (Å²) in [6, 6.07) is 67.0. The number of hydrogen-bond donors (Lipinski definition) is 0. The molecule has 0 bridgehead atoms. The van der Waals surface area contributed by atoms with Crippen LogP contribution in [-0.2, 0) is 47.4 Å². The van der Waals surface area contributed by atoms with Crippen LogP contribution < -0.4 is 21.2 Å². The Balaban J connectivity index is 0.000000493. The monoisotopic (exact) mass is 1320 g/mol. The molecule has 90 heavy (non-hydrogen) atoms. The maximum Gasteiger partial charge on any atom is 2.00 e. The van der Waals surface area contributed by atoms with E-state index in [-0.39, 0.29) is 75.5 Å². The van der Waals surface area contributed by atoms with Crippen LogP contribution in [0.2, 0.25) is 0 Å². The molecular formula is C76H110Ca2O10P2. The van der Waals surface area contributed by atoms with Gasteiger partial charge < -0.3 is 64.5 Å². The van der Waals surface area contributed by atoms with Crippen molar-refractivity contribution in [2.75, 3.05) is 132 Å². The zero-order valence-electron chi connectivity index (χ0n) is 55.0. The van der Waals surface area contributed by atoms with Crippen LogP contribution in [0.25, 0.3) is 0 Å². The summed E-state index contributed by atoms with van der Waals surface area (Å²) in [5, 5.41) is 5.37. The predicted octanol–water partition coefficient (Wildman–Crippen LogP) is 15.3. The second kappa shape index (κ2) is 73.1. The van der Waals surface area contributed by atoms with Gasteiger partial charge in [-0.15, -0.1) is 0 Å². The van der Waals surface area contributed by atoms with E-state index in [2.05, 4.69) is 109 Å². The summed E-state index contributed by atoms with van der Waals surface area (Å²) in [6.07, 6.45) is 25.6. The Morgan fingerprint density at radius 3 is 0.378 bits per heavy atom. The van der Waals surface area contributed by atoms with Crippen LogP contribution in [0.15, 0.2) is 182 Å². The Labute approximate surface area is 610 Å². The minimum absolute atomic E-state index is 0. The molecule has 10 fully saturated rings. The number of benzene rings is 6. The summed E-state index contributed by atoms with van der Waals surface area (Å²) in [6.45, 7) is 20.0. The van der Waals surface area contributed by atoms with E-state index in [4.69, 9.17) is 47.4 Å². The molecule has 0 N–H and O–H groups in total. The Hall–Kier alpha value is -1.70. The second-order valence-electron chi connectivity index (χ2n) is 20.9. The number of hydrogen-bond acceptors (Lipinski definition) is 10. The van der Waals surface area contributed by atoms with Gasteiger partial charge >= 0.3 is 75.5 Å². The largest absolute Gasteiger partial charge is 2.00 e. The van der Waals surface area contributed by atoms with E-state index >= 15 is 0 Å². The summed E-state index contributed by atoms with van der Waals surface area (Å²) < 4.78 is 49.4. The number of ether oxygens (including phenoxy) is 10. The molecule has 6 aromatic carbocycles.